The molecule has 1 amide bonds. The van der Waals surface area contributed by atoms with Crippen LogP contribution in [0.1, 0.15) is 16.2 Å². The van der Waals surface area contributed by atoms with Crippen molar-refractivity contribution < 1.29 is 4.79 Å². The summed E-state index contributed by atoms with van der Waals surface area (Å²) in [6.45, 7) is 1.86. The smallest absolute Gasteiger partial charge is 0.274 e. The SMILES string of the molecule is Cc1cccc(C(=O)Nc2ccc(-n3ccnc3)cc2)n1. The molecule has 2 aromatic heterocycles. The Balaban J connectivity index is 1.75. The van der Waals surface area contributed by atoms with Crippen LogP contribution < -0.4 is 5.32 Å². The third kappa shape index (κ3) is 2.97. The second-order valence-corrected chi connectivity index (χ2v) is 4.64. The Hall–Kier alpha value is -2.95. The molecule has 0 aliphatic rings. The Kier molecular flexibility index (Phi) is 3.47. The van der Waals surface area contributed by atoms with Gasteiger partial charge in [-0.3, -0.25) is 4.79 Å². The number of carbonyl (C=O) groups excluding carboxylic acids is 1. The fraction of sp³-hybridized carbons (Fsp3) is 0.0625. The predicted molar refractivity (Wildman–Crippen MR) is 80.5 cm³/mol. The van der Waals surface area contributed by atoms with E-state index < -0.39 is 0 Å². The summed E-state index contributed by atoms with van der Waals surface area (Å²) >= 11 is 0. The number of nitrogens with one attached hydrogen (secondary N) is 1. The van der Waals surface area contributed by atoms with Gasteiger partial charge in [-0.25, -0.2) is 9.97 Å². The zero-order valence-corrected chi connectivity index (χ0v) is 11.5. The van der Waals surface area contributed by atoms with Gasteiger partial charge in [0.15, 0.2) is 0 Å². The highest BCUT2D eigenvalue weighted by molar-refractivity contribution is 6.02. The zero-order chi connectivity index (χ0) is 14.7. The largest absolute Gasteiger partial charge is 0.321 e. The summed E-state index contributed by atoms with van der Waals surface area (Å²) in [5, 5.41) is 2.83. The number of carbonyl (C=O) groups is 1. The van der Waals surface area contributed by atoms with Crippen molar-refractivity contribution in [3.05, 3.63) is 72.6 Å². The van der Waals surface area contributed by atoms with Crippen molar-refractivity contribution in [1.29, 1.82) is 0 Å². The number of aryl methyl sites for hydroxylation is 1. The van der Waals surface area contributed by atoms with Crippen molar-refractivity contribution in [3.8, 4) is 5.69 Å². The fourth-order valence-corrected chi connectivity index (χ4v) is 1.99. The quantitative estimate of drug-likeness (QED) is 0.801. The van der Waals surface area contributed by atoms with Crippen molar-refractivity contribution in [3.63, 3.8) is 0 Å². The number of anilines is 1. The number of nitrogens with zero attached hydrogens (tertiary/aromatic N) is 3. The van der Waals surface area contributed by atoms with Crippen LogP contribution in [0.5, 0.6) is 0 Å². The number of benzene rings is 1. The molecule has 3 aromatic rings. The Labute approximate surface area is 122 Å². The van der Waals surface area contributed by atoms with Gasteiger partial charge in [0.1, 0.15) is 5.69 Å². The lowest BCUT2D eigenvalue weighted by molar-refractivity contribution is 0.102. The van der Waals surface area contributed by atoms with Crippen molar-refractivity contribution >= 4 is 11.6 Å². The molecule has 0 spiro atoms. The first kappa shape index (κ1) is 13.1. The number of rotatable bonds is 3. The summed E-state index contributed by atoms with van der Waals surface area (Å²) in [6, 6.07) is 12.9. The minimum atomic E-state index is -0.214. The molecule has 0 aliphatic heterocycles. The molecule has 0 unspecified atom stereocenters. The lowest BCUT2D eigenvalue weighted by atomic mass is 10.2. The second-order valence-electron chi connectivity index (χ2n) is 4.64. The van der Waals surface area contributed by atoms with Crippen LogP contribution in [0.3, 0.4) is 0 Å². The molecule has 1 N–H and O–H groups in total. The molecule has 0 aliphatic carbocycles. The van der Waals surface area contributed by atoms with E-state index in [0.29, 0.717) is 5.69 Å². The molecule has 0 atom stereocenters. The van der Waals surface area contributed by atoms with Crippen molar-refractivity contribution in [2.24, 2.45) is 0 Å². The number of hydrogen-bond donors (Lipinski definition) is 1. The number of amides is 1. The number of hydrogen-bond acceptors (Lipinski definition) is 3. The molecule has 104 valence electrons. The normalized spacial score (nSPS) is 10.3. The lowest BCUT2D eigenvalue weighted by Crippen LogP contribution is -2.13. The minimum Gasteiger partial charge on any atom is -0.321 e. The summed E-state index contributed by atoms with van der Waals surface area (Å²) in [5.74, 6) is -0.214. The lowest BCUT2D eigenvalue weighted by Gasteiger charge is -2.07. The van der Waals surface area contributed by atoms with Gasteiger partial charge in [-0.15, -0.1) is 0 Å². The van der Waals surface area contributed by atoms with Crippen LogP contribution in [-0.2, 0) is 0 Å². The highest BCUT2D eigenvalue weighted by Crippen LogP contribution is 2.14. The molecule has 0 radical (unpaired) electrons. The number of aromatic nitrogens is 3. The molecule has 0 fully saturated rings. The molecule has 0 saturated heterocycles. The average molecular weight is 278 g/mol. The number of pyridine rings is 1. The van der Waals surface area contributed by atoms with Gasteiger partial charge >= 0.3 is 0 Å². The van der Waals surface area contributed by atoms with Gasteiger partial charge in [0, 0.05) is 29.5 Å². The molecule has 5 nitrogen and oxygen atoms in total. The van der Waals surface area contributed by atoms with E-state index in [-0.39, 0.29) is 5.91 Å². The van der Waals surface area contributed by atoms with E-state index in [1.165, 1.54) is 0 Å². The summed E-state index contributed by atoms with van der Waals surface area (Å²) in [4.78, 5) is 20.3. The number of imidazole rings is 1. The van der Waals surface area contributed by atoms with Crippen molar-refractivity contribution in [1.82, 2.24) is 14.5 Å². The van der Waals surface area contributed by atoms with Crippen LogP contribution in [0.25, 0.3) is 5.69 Å². The first-order chi connectivity index (χ1) is 10.2. The summed E-state index contributed by atoms with van der Waals surface area (Å²) < 4.78 is 1.90. The average Bonchev–Trinajstić information content (AvgIpc) is 3.02. The van der Waals surface area contributed by atoms with E-state index in [0.717, 1.165) is 17.1 Å². The van der Waals surface area contributed by atoms with Crippen LogP contribution in [0.15, 0.2) is 61.2 Å². The van der Waals surface area contributed by atoms with Gasteiger partial charge in [-0.2, -0.15) is 0 Å². The van der Waals surface area contributed by atoms with Crippen LogP contribution in [-0.4, -0.2) is 20.4 Å². The molecule has 3 rings (SSSR count). The van der Waals surface area contributed by atoms with E-state index in [2.05, 4.69) is 15.3 Å². The molecular weight excluding hydrogens is 264 g/mol. The maximum atomic E-state index is 12.1. The molecule has 0 bridgehead atoms. The van der Waals surface area contributed by atoms with Gasteiger partial charge in [0.2, 0.25) is 0 Å². The van der Waals surface area contributed by atoms with Crippen LogP contribution in [0.4, 0.5) is 5.69 Å². The van der Waals surface area contributed by atoms with Gasteiger partial charge in [-0.05, 0) is 43.3 Å². The fourth-order valence-electron chi connectivity index (χ4n) is 1.99. The minimum absolute atomic E-state index is 0.214. The third-order valence-corrected chi connectivity index (χ3v) is 3.05. The Morgan fingerprint density at radius 2 is 1.95 bits per heavy atom. The van der Waals surface area contributed by atoms with E-state index in [1.54, 1.807) is 18.6 Å². The molecule has 1 aromatic carbocycles. The maximum absolute atomic E-state index is 12.1. The molecule has 0 saturated carbocycles. The van der Waals surface area contributed by atoms with Gasteiger partial charge in [-0.1, -0.05) is 6.07 Å². The van der Waals surface area contributed by atoms with Crippen molar-refractivity contribution in [2.75, 3.05) is 5.32 Å². The summed E-state index contributed by atoms with van der Waals surface area (Å²) in [6.07, 6.45) is 5.31. The van der Waals surface area contributed by atoms with Gasteiger partial charge in [0.05, 0.1) is 6.33 Å². The molecule has 21 heavy (non-hydrogen) atoms. The van der Waals surface area contributed by atoms with Gasteiger partial charge < -0.3 is 9.88 Å². The Morgan fingerprint density at radius 3 is 2.62 bits per heavy atom. The molecule has 5 heteroatoms. The van der Waals surface area contributed by atoms with Crippen LogP contribution >= 0.6 is 0 Å². The second kappa shape index (κ2) is 5.58. The highest BCUT2D eigenvalue weighted by Gasteiger charge is 2.07. The monoisotopic (exact) mass is 278 g/mol. The maximum Gasteiger partial charge on any atom is 0.274 e. The van der Waals surface area contributed by atoms with E-state index in [1.807, 2.05) is 54.1 Å². The first-order valence-corrected chi connectivity index (χ1v) is 6.56. The third-order valence-electron chi connectivity index (χ3n) is 3.05. The highest BCUT2D eigenvalue weighted by atomic mass is 16.1. The Bertz CT molecular complexity index is 748. The molecular formula is C16H14N4O. The van der Waals surface area contributed by atoms with Crippen LogP contribution in [0, 0.1) is 6.92 Å². The summed E-state index contributed by atoms with van der Waals surface area (Å²) in [5.41, 5.74) is 2.94. The first-order valence-electron chi connectivity index (χ1n) is 6.56. The molecule has 2 heterocycles. The standard InChI is InChI=1S/C16H14N4O/c1-12-3-2-4-15(18-12)16(21)19-13-5-7-14(8-6-13)20-10-9-17-11-20/h2-11H,1H3,(H,19,21). The van der Waals surface area contributed by atoms with Gasteiger partial charge in [0.25, 0.3) is 5.91 Å². The van der Waals surface area contributed by atoms with E-state index in [4.69, 9.17) is 0 Å². The summed E-state index contributed by atoms with van der Waals surface area (Å²) in [7, 11) is 0. The van der Waals surface area contributed by atoms with Crippen molar-refractivity contribution in [2.45, 2.75) is 6.92 Å². The predicted octanol–water partition coefficient (Wildman–Crippen LogP) is 2.83. The van der Waals surface area contributed by atoms with E-state index >= 15 is 0 Å². The van der Waals surface area contributed by atoms with E-state index in [9.17, 15) is 4.79 Å². The Morgan fingerprint density at radius 1 is 1.14 bits per heavy atom. The zero-order valence-electron chi connectivity index (χ0n) is 11.5. The topological polar surface area (TPSA) is 59.8 Å². The van der Waals surface area contributed by atoms with Crippen LogP contribution in [0.2, 0.25) is 0 Å².